The fourth-order valence-electron chi connectivity index (χ4n) is 4.27. The van der Waals surface area contributed by atoms with Gasteiger partial charge >= 0.3 is 5.69 Å². The van der Waals surface area contributed by atoms with Gasteiger partial charge in [-0.3, -0.25) is 14.8 Å². The number of rotatable bonds is 1. The second kappa shape index (κ2) is 4.86. The van der Waals surface area contributed by atoms with Gasteiger partial charge in [0.05, 0.1) is 0 Å². The van der Waals surface area contributed by atoms with Gasteiger partial charge < -0.3 is 4.98 Å². The van der Waals surface area contributed by atoms with Crippen LogP contribution < -0.4 is 11.2 Å². The SMILES string of the molecule is O=c1[nH]c(=O)c2[nH]c(C3CCC4CCCCC4C3)nc2[nH]1. The minimum Gasteiger partial charge on any atom is -0.336 e. The molecule has 2 aromatic heterocycles. The zero-order valence-corrected chi connectivity index (χ0v) is 11.9. The first-order valence-electron chi connectivity index (χ1n) is 7.93. The van der Waals surface area contributed by atoms with Crippen LogP contribution in [0.25, 0.3) is 11.2 Å². The number of imidazole rings is 1. The minimum absolute atomic E-state index is 0.379. The van der Waals surface area contributed by atoms with Crippen LogP contribution in [-0.4, -0.2) is 19.9 Å². The molecule has 112 valence electrons. The summed E-state index contributed by atoms with van der Waals surface area (Å²) in [5, 5.41) is 0. The summed E-state index contributed by atoms with van der Waals surface area (Å²) in [6, 6.07) is 0. The molecule has 0 bridgehead atoms. The van der Waals surface area contributed by atoms with Crippen molar-refractivity contribution < 1.29 is 0 Å². The molecule has 2 fully saturated rings. The molecule has 2 saturated carbocycles. The summed E-state index contributed by atoms with van der Waals surface area (Å²) in [5.41, 5.74) is -0.125. The van der Waals surface area contributed by atoms with Gasteiger partial charge in [-0.1, -0.05) is 25.7 Å². The Morgan fingerprint density at radius 3 is 2.57 bits per heavy atom. The first-order valence-corrected chi connectivity index (χ1v) is 7.93. The Morgan fingerprint density at radius 1 is 0.905 bits per heavy atom. The summed E-state index contributed by atoms with van der Waals surface area (Å²) in [6.45, 7) is 0. The fourth-order valence-corrected chi connectivity index (χ4v) is 4.27. The van der Waals surface area contributed by atoms with E-state index in [1.807, 2.05) is 0 Å². The molecule has 0 aromatic carbocycles. The molecule has 0 spiro atoms. The van der Waals surface area contributed by atoms with Gasteiger partial charge in [-0.25, -0.2) is 9.78 Å². The Balaban J connectivity index is 1.66. The molecule has 2 aromatic rings. The van der Waals surface area contributed by atoms with E-state index < -0.39 is 5.69 Å². The van der Waals surface area contributed by atoms with E-state index in [1.54, 1.807) is 0 Å². The highest BCUT2D eigenvalue weighted by molar-refractivity contribution is 5.68. The number of hydrogen-bond donors (Lipinski definition) is 3. The van der Waals surface area contributed by atoms with Crippen molar-refractivity contribution in [3.05, 3.63) is 26.7 Å². The van der Waals surface area contributed by atoms with Crippen LogP contribution in [0, 0.1) is 11.8 Å². The zero-order chi connectivity index (χ0) is 14.4. The van der Waals surface area contributed by atoms with Gasteiger partial charge in [-0.15, -0.1) is 0 Å². The first-order chi connectivity index (χ1) is 10.2. The van der Waals surface area contributed by atoms with Gasteiger partial charge in [0.25, 0.3) is 5.56 Å². The van der Waals surface area contributed by atoms with Gasteiger partial charge in [0, 0.05) is 5.92 Å². The third kappa shape index (κ3) is 2.22. The highest BCUT2D eigenvalue weighted by Crippen LogP contribution is 2.45. The number of aromatic nitrogens is 4. The lowest BCUT2D eigenvalue weighted by Gasteiger charge is -2.38. The largest absolute Gasteiger partial charge is 0.336 e. The summed E-state index contributed by atoms with van der Waals surface area (Å²) in [6.07, 6.45) is 8.99. The van der Waals surface area contributed by atoms with Crippen molar-refractivity contribution in [1.82, 2.24) is 19.9 Å². The van der Waals surface area contributed by atoms with Crippen LogP contribution in [0.1, 0.15) is 56.7 Å². The van der Waals surface area contributed by atoms with E-state index in [4.69, 9.17) is 0 Å². The molecular formula is C15H20N4O2. The lowest BCUT2D eigenvalue weighted by molar-refractivity contribution is 0.153. The number of aromatic amines is 3. The summed E-state index contributed by atoms with van der Waals surface area (Å²) in [4.78, 5) is 35.5. The van der Waals surface area contributed by atoms with E-state index in [2.05, 4.69) is 19.9 Å². The average Bonchev–Trinajstić information content (AvgIpc) is 2.91. The molecule has 0 saturated heterocycles. The summed E-state index contributed by atoms with van der Waals surface area (Å²) in [5.74, 6) is 2.95. The van der Waals surface area contributed by atoms with Gasteiger partial charge in [-0.05, 0) is 31.1 Å². The van der Waals surface area contributed by atoms with Crippen LogP contribution in [0.15, 0.2) is 9.59 Å². The zero-order valence-electron chi connectivity index (χ0n) is 11.9. The standard InChI is InChI=1S/C15H20N4O2/c20-14-11-13(18-15(21)19-14)17-12(16-11)10-6-5-8-3-1-2-4-9(8)7-10/h8-10H,1-7H2,(H3,16,17,18,19,20,21). The van der Waals surface area contributed by atoms with Crippen molar-refractivity contribution in [1.29, 1.82) is 0 Å². The van der Waals surface area contributed by atoms with Gasteiger partial charge in [0.2, 0.25) is 0 Å². The molecule has 6 heteroatoms. The lowest BCUT2D eigenvalue weighted by atomic mass is 9.67. The van der Waals surface area contributed by atoms with Crippen molar-refractivity contribution >= 4 is 11.2 Å². The number of nitrogens with one attached hydrogen (secondary N) is 3. The van der Waals surface area contributed by atoms with E-state index in [0.29, 0.717) is 17.1 Å². The quantitative estimate of drug-likeness (QED) is 0.749. The minimum atomic E-state index is -0.499. The molecule has 3 unspecified atom stereocenters. The molecule has 4 rings (SSSR count). The maximum Gasteiger partial charge on any atom is 0.327 e. The molecule has 3 atom stereocenters. The van der Waals surface area contributed by atoms with E-state index in [9.17, 15) is 9.59 Å². The normalized spacial score (nSPS) is 29.4. The predicted molar refractivity (Wildman–Crippen MR) is 79.4 cm³/mol. The Labute approximate surface area is 121 Å². The van der Waals surface area contributed by atoms with Crippen LogP contribution in [0.5, 0.6) is 0 Å². The molecule has 21 heavy (non-hydrogen) atoms. The molecule has 0 amide bonds. The smallest absolute Gasteiger partial charge is 0.327 e. The number of H-pyrrole nitrogens is 3. The second-order valence-electron chi connectivity index (χ2n) is 6.57. The van der Waals surface area contributed by atoms with Crippen molar-refractivity contribution in [2.75, 3.05) is 0 Å². The van der Waals surface area contributed by atoms with Crippen molar-refractivity contribution in [2.24, 2.45) is 11.8 Å². The fraction of sp³-hybridized carbons (Fsp3) is 0.667. The second-order valence-corrected chi connectivity index (χ2v) is 6.57. The Kier molecular flexibility index (Phi) is 2.97. The Morgan fingerprint density at radius 2 is 1.71 bits per heavy atom. The summed E-state index contributed by atoms with van der Waals surface area (Å²) < 4.78 is 0. The van der Waals surface area contributed by atoms with Gasteiger partial charge in [-0.2, -0.15) is 0 Å². The molecule has 2 heterocycles. The first kappa shape index (κ1) is 12.9. The third-order valence-corrected chi connectivity index (χ3v) is 5.33. The molecule has 0 radical (unpaired) electrons. The predicted octanol–water partition coefficient (Wildman–Crippen LogP) is 2.01. The van der Waals surface area contributed by atoms with Crippen molar-refractivity contribution in [3.63, 3.8) is 0 Å². The Bertz CT molecular complexity index is 772. The van der Waals surface area contributed by atoms with Crippen LogP contribution in [0.3, 0.4) is 0 Å². The topological polar surface area (TPSA) is 94.4 Å². The van der Waals surface area contributed by atoms with Gasteiger partial charge in [0.1, 0.15) is 11.3 Å². The highest BCUT2D eigenvalue weighted by Gasteiger charge is 2.34. The average molecular weight is 288 g/mol. The van der Waals surface area contributed by atoms with E-state index in [1.165, 1.54) is 32.1 Å². The third-order valence-electron chi connectivity index (χ3n) is 5.33. The molecule has 6 nitrogen and oxygen atoms in total. The van der Waals surface area contributed by atoms with Crippen LogP contribution in [0.2, 0.25) is 0 Å². The van der Waals surface area contributed by atoms with Gasteiger partial charge in [0.15, 0.2) is 5.65 Å². The molecule has 3 N–H and O–H groups in total. The monoisotopic (exact) mass is 288 g/mol. The van der Waals surface area contributed by atoms with E-state index >= 15 is 0 Å². The molecular weight excluding hydrogens is 268 g/mol. The number of hydrogen-bond acceptors (Lipinski definition) is 3. The van der Waals surface area contributed by atoms with Crippen molar-refractivity contribution in [3.8, 4) is 0 Å². The maximum atomic E-state index is 11.8. The number of nitrogens with zero attached hydrogens (tertiary/aromatic N) is 1. The molecule has 2 aliphatic rings. The maximum absolute atomic E-state index is 11.8. The van der Waals surface area contributed by atoms with E-state index in [-0.39, 0.29) is 5.56 Å². The van der Waals surface area contributed by atoms with Crippen LogP contribution in [-0.2, 0) is 0 Å². The molecule has 2 aliphatic carbocycles. The van der Waals surface area contributed by atoms with Crippen molar-refractivity contribution in [2.45, 2.75) is 50.9 Å². The molecule has 0 aliphatic heterocycles. The lowest BCUT2D eigenvalue weighted by Crippen LogP contribution is -2.27. The number of fused-ring (bicyclic) bond motifs is 2. The Hall–Kier alpha value is -1.85. The van der Waals surface area contributed by atoms with Crippen LogP contribution in [0.4, 0.5) is 0 Å². The highest BCUT2D eigenvalue weighted by atomic mass is 16.2. The summed E-state index contributed by atoms with van der Waals surface area (Å²) >= 11 is 0. The van der Waals surface area contributed by atoms with Crippen LogP contribution >= 0.6 is 0 Å². The summed E-state index contributed by atoms with van der Waals surface area (Å²) in [7, 11) is 0. The van der Waals surface area contributed by atoms with E-state index in [0.717, 1.165) is 30.5 Å².